The number of nitrogens with one attached hydrogen (secondary N) is 2. The lowest BCUT2D eigenvalue weighted by Gasteiger charge is -2.12. The zero-order valence-corrected chi connectivity index (χ0v) is 18.7. The van der Waals surface area contributed by atoms with Crippen molar-refractivity contribution in [2.24, 2.45) is 0 Å². The number of allylic oxidation sites excluding steroid dienone is 1. The molecule has 2 aromatic heterocycles. The molecule has 0 saturated carbocycles. The van der Waals surface area contributed by atoms with Crippen LogP contribution in [-0.2, 0) is 6.42 Å². The van der Waals surface area contributed by atoms with Gasteiger partial charge in [0, 0.05) is 28.8 Å². The van der Waals surface area contributed by atoms with E-state index in [2.05, 4.69) is 30.3 Å². The first-order valence-corrected chi connectivity index (χ1v) is 10.8. The van der Waals surface area contributed by atoms with Crippen molar-refractivity contribution in [3.8, 4) is 34.4 Å². The van der Waals surface area contributed by atoms with Crippen LogP contribution in [0, 0.1) is 18.2 Å². The second-order valence-corrected chi connectivity index (χ2v) is 8.18. The molecule has 0 radical (unpaired) electrons. The lowest BCUT2D eigenvalue weighted by atomic mass is 10.1. The smallest absolute Gasteiger partial charge is 0.288 e. The molecular formula is C25H16F2N6O3. The fourth-order valence-corrected chi connectivity index (χ4v) is 4.09. The van der Waals surface area contributed by atoms with Crippen LogP contribution < -0.4 is 19.5 Å². The number of hydrogen-bond acceptors (Lipinski definition) is 7. The minimum absolute atomic E-state index is 0.0940. The van der Waals surface area contributed by atoms with Crippen LogP contribution >= 0.6 is 0 Å². The Hall–Kier alpha value is -4.98. The summed E-state index contributed by atoms with van der Waals surface area (Å²) in [5.41, 5.74) is 2.66. The largest absolute Gasteiger partial charge is 0.454 e. The van der Waals surface area contributed by atoms with Crippen molar-refractivity contribution in [1.82, 2.24) is 20.2 Å². The Kier molecular flexibility index (Phi) is 5.00. The highest BCUT2D eigenvalue weighted by Gasteiger charge is 2.24. The average molecular weight is 486 g/mol. The van der Waals surface area contributed by atoms with Crippen molar-refractivity contribution >= 4 is 23.4 Å². The number of nitrogens with zero attached hydrogens (tertiary/aromatic N) is 4. The molecule has 6 rings (SSSR count). The van der Waals surface area contributed by atoms with E-state index >= 15 is 4.39 Å². The number of aromatic nitrogens is 4. The van der Waals surface area contributed by atoms with E-state index in [1.807, 2.05) is 12.1 Å². The summed E-state index contributed by atoms with van der Waals surface area (Å²) in [7, 11) is 0. The van der Waals surface area contributed by atoms with Gasteiger partial charge in [-0.25, -0.2) is 23.6 Å². The molecule has 2 aromatic carbocycles. The van der Waals surface area contributed by atoms with Gasteiger partial charge < -0.3 is 19.5 Å². The first kappa shape index (κ1) is 21.5. The van der Waals surface area contributed by atoms with Crippen LogP contribution in [0.15, 0.2) is 42.2 Å². The van der Waals surface area contributed by atoms with Crippen LogP contribution in [0.4, 0.5) is 26.1 Å². The fraction of sp³-hybridized carbons (Fsp3) is 0.120. The highest BCUT2D eigenvalue weighted by atomic mass is 19.1. The van der Waals surface area contributed by atoms with E-state index in [0.717, 1.165) is 23.5 Å². The minimum atomic E-state index is -0.715. The van der Waals surface area contributed by atoms with Gasteiger partial charge in [0.1, 0.15) is 18.0 Å². The van der Waals surface area contributed by atoms with E-state index in [1.165, 1.54) is 0 Å². The number of aromatic amines is 1. The van der Waals surface area contributed by atoms with Gasteiger partial charge in [-0.2, -0.15) is 5.10 Å². The maximum atomic E-state index is 15.0. The van der Waals surface area contributed by atoms with E-state index in [4.69, 9.17) is 20.8 Å². The number of H-pyrrole nitrogens is 1. The van der Waals surface area contributed by atoms with Crippen molar-refractivity contribution in [1.29, 1.82) is 0 Å². The molecule has 0 atom stereocenters. The zero-order valence-electron chi connectivity index (χ0n) is 18.7. The van der Waals surface area contributed by atoms with Crippen LogP contribution in [-0.4, -0.2) is 27.0 Å². The highest BCUT2D eigenvalue weighted by molar-refractivity contribution is 5.76. The molecule has 0 bridgehead atoms. The minimum Gasteiger partial charge on any atom is -0.454 e. The third kappa shape index (κ3) is 3.65. The van der Waals surface area contributed by atoms with E-state index in [9.17, 15) is 4.39 Å². The van der Waals surface area contributed by atoms with Gasteiger partial charge in [-0.1, -0.05) is 11.6 Å². The fourth-order valence-electron chi connectivity index (χ4n) is 4.09. The van der Waals surface area contributed by atoms with Gasteiger partial charge in [-0.3, -0.25) is 5.10 Å². The van der Waals surface area contributed by atoms with E-state index in [1.54, 1.807) is 25.1 Å². The zero-order chi connectivity index (χ0) is 24.8. The van der Waals surface area contributed by atoms with Gasteiger partial charge in [-0.15, -0.1) is 0 Å². The standard InChI is InChI=1S/C25H16F2N6O3/c1-12-5-14-15(6-12)22(27)20(8-16(14)26)36-25-23(28-2)24(29-10-30-25)31-21-9-17(32-33-21)13-3-4-18-19(7-13)35-11-34-18/h3-4,6-10H,5,11H2,1H3,(H2,29,30,31,32,33). The molecule has 0 saturated heterocycles. The van der Waals surface area contributed by atoms with E-state index < -0.39 is 11.6 Å². The quantitative estimate of drug-likeness (QED) is 0.338. The monoisotopic (exact) mass is 486 g/mol. The molecule has 1 aliphatic carbocycles. The lowest BCUT2D eigenvalue weighted by molar-refractivity contribution is 0.174. The highest BCUT2D eigenvalue weighted by Crippen LogP contribution is 2.41. The van der Waals surface area contributed by atoms with Gasteiger partial charge in [-0.05, 0) is 31.5 Å². The second-order valence-electron chi connectivity index (χ2n) is 8.18. The van der Waals surface area contributed by atoms with Crippen LogP contribution in [0.25, 0.3) is 22.2 Å². The van der Waals surface area contributed by atoms with Crippen LogP contribution in [0.5, 0.6) is 23.1 Å². The molecule has 0 amide bonds. The summed E-state index contributed by atoms with van der Waals surface area (Å²) in [6.45, 7) is 9.57. The molecular weight excluding hydrogens is 470 g/mol. The first-order valence-electron chi connectivity index (χ1n) is 10.8. The van der Waals surface area contributed by atoms with Crippen molar-refractivity contribution in [3.63, 3.8) is 0 Å². The van der Waals surface area contributed by atoms with Crippen molar-refractivity contribution in [2.75, 3.05) is 12.1 Å². The molecule has 1 aliphatic heterocycles. The maximum Gasteiger partial charge on any atom is 0.288 e. The summed E-state index contributed by atoms with van der Waals surface area (Å²) in [5, 5.41) is 10.1. The Morgan fingerprint density at radius 2 is 2.00 bits per heavy atom. The second kappa shape index (κ2) is 8.35. The Morgan fingerprint density at radius 1 is 1.14 bits per heavy atom. The average Bonchev–Trinajstić information content (AvgIpc) is 3.62. The van der Waals surface area contributed by atoms with E-state index in [-0.39, 0.29) is 41.1 Å². The summed E-state index contributed by atoms with van der Waals surface area (Å²) < 4.78 is 45.9. The molecule has 3 heterocycles. The number of hydrogen-bond donors (Lipinski definition) is 2. The van der Waals surface area contributed by atoms with Gasteiger partial charge in [0.15, 0.2) is 28.9 Å². The summed E-state index contributed by atoms with van der Waals surface area (Å²) in [5.74, 6) is -0.124. The Labute approximate surface area is 203 Å². The lowest BCUT2D eigenvalue weighted by Crippen LogP contribution is -2.01. The van der Waals surface area contributed by atoms with Crippen molar-refractivity contribution in [3.05, 3.63) is 76.4 Å². The van der Waals surface area contributed by atoms with Gasteiger partial charge in [0.25, 0.3) is 5.69 Å². The molecule has 11 heteroatoms. The van der Waals surface area contributed by atoms with Crippen LogP contribution in [0.2, 0.25) is 0 Å². The van der Waals surface area contributed by atoms with Gasteiger partial charge >= 0.3 is 0 Å². The third-order valence-electron chi connectivity index (χ3n) is 5.79. The molecule has 4 aromatic rings. The Morgan fingerprint density at radius 3 is 2.86 bits per heavy atom. The molecule has 0 fully saturated rings. The molecule has 2 N–H and O–H groups in total. The van der Waals surface area contributed by atoms with Crippen molar-refractivity contribution < 1.29 is 23.0 Å². The molecule has 0 unspecified atom stereocenters. The topological polar surface area (TPSA) is 98.5 Å². The Balaban J connectivity index is 1.28. The predicted octanol–water partition coefficient (Wildman–Crippen LogP) is 5.92. The van der Waals surface area contributed by atoms with Gasteiger partial charge in [0.05, 0.1) is 12.3 Å². The summed E-state index contributed by atoms with van der Waals surface area (Å²) in [6.07, 6.45) is 3.08. The van der Waals surface area contributed by atoms with Crippen LogP contribution in [0.3, 0.4) is 0 Å². The molecule has 0 spiro atoms. The number of fused-ring (bicyclic) bond motifs is 2. The Bertz CT molecular complexity index is 1610. The first-order chi connectivity index (χ1) is 17.5. The number of ether oxygens (including phenoxy) is 3. The number of halogens is 2. The molecule has 9 nitrogen and oxygen atoms in total. The van der Waals surface area contributed by atoms with Gasteiger partial charge in [0.2, 0.25) is 12.7 Å². The molecule has 178 valence electrons. The molecule has 2 aliphatic rings. The normalized spacial score (nSPS) is 13.2. The van der Waals surface area contributed by atoms with Crippen molar-refractivity contribution in [2.45, 2.75) is 13.3 Å². The third-order valence-corrected chi connectivity index (χ3v) is 5.79. The summed E-state index contributed by atoms with van der Waals surface area (Å²) in [6, 6.07) is 8.16. The maximum absolute atomic E-state index is 15.0. The predicted molar refractivity (Wildman–Crippen MR) is 126 cm³/mol. The SMILES string of the molecule is [C-]#[N+]c1c(Nc2cc(-c3ccc4c(c3)OCO4)[nH]n2)ncnc1Oc1cc(F)c2c(c1F)C=C(C)C2. The number of benzene rings is 2. The summed E-state index contributed by atoms with van der Waals surface area (Å²) in [4.78, 5) is 11.5. The molecule has 36 heavy (non-hydrogen) atoms. The number of anilines is 2. The summed E-state index contributed by atoms with van der Waals surface area (Å²) >= 11 is 0. The van der Waals surface area contributed by atoms with Crippen LogP contribution in [0.1, 0.15) is 18.1 Å². The van der Waals surface area contributed by atoms with E-state index in [0.29, 0.717) is 29.4 Å². The number of rotatable bonds is 5.